The normalized spacial score (nSPS) is 17.6. The summed E-state index contributed by atoms with van der Waals surface area (Å²) in [5.74, 6) is 1.95. The number of fused-ring (bicyclic) bond motifs is 1. The SMILES string of the molecule is CCNC(=NCCCN1CCC(O)CC1)NCCc1ccc2c(c1)CCO2.I. The van der Waals surface area contributed by atoms with Gasteiger partial charge in [0.25, 0.3) is 0 Å². The molecule has 0 spiro atoms. The molecule has 6 nitrogen and oxygen atoms in total. The molecule has 7 heteroatoms. The molecule has 0 aromatic heterocycles. The fraction of sp³-hybridized carbons (Fsp3) is 0.667. The second-order valence-electron chi connectivity index (χ2n) is 7.40. The zero-order valence-electron chi connectivity index (χ0n) is 17.0. The first-order valence-corrected chi connectivity index (χ1v) is 10.4. The molecule has 0 amide bonds. The average Bonchev–Trinajstić information content (AvgIpc) is 3.14. The van der Waals surface area contributed by atoms with E-state index in [1.165, 1.54) is 11.1 Å². The first-order chi connectivity index (χ1) is 13.2. The molecule has 0 bridgehead atoms. The van der Waals surface area contributed by atoms with Crippen molar-refractivity contribution in [2.75, 3.05) is 45.9 Å². The van der Waals surface area contributed by atoms with Gasteiger partial charge in [0.05, 0.1) is 12.7 Å². The topological polar surface area (TPSA) is 69.1 Å². The first kappa shape index (κ1) is 23.2. The number of halogens is 1. The van der Waals surface area contributed by atoms with Gasteiger partial charge in [-0.2, -0.15) is 0 Å². The number of likely N-dealkylation sites (tertiary alicyclic amines) is 1. The zero-order valence-corrected chi connectivity index (χ0v) is 19.3. The molecule has 1 fully saturated rings. The number of hydrogen-bond donors (Lipinski definition) is 3. The molecule has 1 aromatic carbocycles. The molecule has 3 rings (SSSR count). The number of nitrogens with one attached hydrogen (secondary N) is 2. The predicted octanol–water partition coefficient (Wildman–Crippen LogP) is 2.18. The number of piperidine rings is 1. The van der Waals surface area contributed by atoms with Gasteiger partial charge >= 0.3 is 0 Å². The Morgan fingerprint density at radius 3 is 2.89 bits per heavy atom. The molecule has 2 heterocycles. The highest BCUT2D eigenvalue weighted by Crippen LogP contribution is 2.25. The summed E-state index contributed by atoms with van der Waals surface area (Å²) in [6, 6.07) is 6.52. The van der Waals surface area contributed by atoms with Crippen molar-refractivity contribution < 1.29 is 9.84 Å². The lowest BCUT2D eigenvalue weighted by molar-refractivity contribution is 0.0824. The maximum atomic E-state index is 9.57. The molecule has 0 radical (unpaired) electrons. The van der Waals surface area contributed by atoms with Gasteiger partial charge in [0.1, 0.15) is 5.75 Å². The van der Waals surface area contributed by atoms with Crippen LogP contribution in [-0.4, -0.2) is 67.9 Å². The molecule has 3 N–H and O–H groups in total. The van der Waals surface area contributed by atoms with Gasteiger partial charge in [-0.05, 0) is 56.3 Å². The minimum atomic E-state index is -0.0953. The van der Waals surface area contributed by atoms with Crippen LogP contribution in [0.25, 0.3) is 0 Å². The van der Waals surface area contributed by atoms with Crippen LogP contribution in [0.5, 0.6) is 5.75 Å². The van der Waals surface area contributed by atoms with Crippen LogP contribution in [0.2, 0.25) is 0 Å². The molecule has 0 saturated carbocycles. The molecule has 158 valence electrons. The maximum absolute atomic E-state index is 9.57. The fourth-order valence-corrected chi connectivity index (χ4v) is 3.69. The lowest BCUT2D eigenvalue weighted by atomic mass is 10.1. The Balaban J connectivity index is 0.00000280. The Morgan fingerprint density at radius 1 is 1.29 bits per heavy atom. The summed E-state index contributed by atoms with van der Waals surface area (Å²) >= 11 is 0. The number of benzene rings is 1. The summed E-state index contributed by atoms with van der Waals surface area (Å²) < 4.78 is 5.57. The predicted molar refractivity (Wildman–Crippen MR) is 125 cm³/mol. The summed E-state index contributed by atoms with van der Waals surface area (Å²) in [6.07, 6.45) is 4.77. The van der Waals surface area contributed by atoms with Gasteiger partial charge < -0.3 is 25.4 Å². The van der Waals surface area contributed by atoms with E-state index in [-0.39, 0.29) is 30.1 Å². The highest BCUT2D eigenvalue weighted by molar-refractivity contribution is 14.0. The number of nitrogens with zero attached hydrogens (tertiary/aromatic N) is 2. The second kappa shape index (κ2) is 12.5. The van der Waals surface area contributed by atoms with Gasteiger partial charge in [-0.1, -0.05) is 12.1 Å². The van der Waals surface area contributed by atoms with Crippen LogP contribution < -0.4 is 15.4 Å². The Labute approximate surface area is 186 Å². The lowest BCUT2D eigenvalue weighted by Crippen LogP contribution is -2.39. The van der Waals surface area contributed by atoms with E-state index in [0.29, 0.717) is 0 Å². The van der Waals surface area contributed by atoms with Crippen molar-refractivity contribution in [3.8, 4) is 5.75 Å². The molecule has 0 aliphatic carbocycles. The highest BCUT2D eigenvalue weighted by atomic mass is 127. The third kappa shape index (κ3) is 7.40. The molecule has 2 aliphatic rings. The van der Waals surface area contributed by atoms with E-state index in [0.717, 1.165) is 89.7 Å². The average molecular weight is 502 g/mol. The van der Waals surface area contributed by atoms with Gasteiger partial charge in [-0.25, -0.2) is 0 Å². The van der Waals surface area contributed by atoms with Crippen LogP contribution in [0, 0.1) is 0 Å². The Bertz CT molecular complexity index is 618. The van der Waals surface area contributed by atoms with E-state index < -0.39 is 0 Å². The largest absolute Gasteiger partial charge is 0.493 e. The second-order valence-corrected chi connectivity index (χ2v) is 7.40. The van der Waals surface area contributed by atoms with Crippen LogP contribution in [0.1, 0.15) is 37.3 Å². The van der Waals surface area contributed by atoms with Crippen molar-refractivity contribution in [2.24, 2.45) is 4.99 Å². The Kier molecular flexibility index (Phi) is 10.4. The van der Waals surface area contributed by atoms with Crippen LogP contribution in [0.3, 0.4) is 0 Å². The van der Waals surface area contributed by atoms with Crippen molar-refractivity contribution in [3.63, 3.8) is 0 Å². The van der Waals surface area contributed by atoms with Crippen LogP contribution in [-0.2, 0) is 12.8 Å². The highest BCUT2D eigenvalue weighted by Gasteiger charge is 2.16. The summed E-state index contributed by atoms with van der Waals surface area (Å²) in [4.78, 5) is 7.13. The van der Waals surface area contributed by atoms with Gasteiger partial charge in [0.2, 0.25) is 0 Å². The van der Waals surface area contributed by atoms with E-state index in [1.54, 1.807) is 0 Å². The number of guanidine groups is 1. The monoisotopic (exact) mass is 502 g/mol. The van der Waals surface area contributed by atoms with E-state index in [9.17, 15) is 5.11 Å². The van der Waals surface area contributed by atoms with E-state index in [2.05, 4.69) is 40.7 Å². The molecule has 28 heavy (non-hydrogen) atoms. The molecule has 1 aromatic rings. The maximum Gasteiger partial charge on any atom is 0.191 e. The molecule has 2 aliphatic heterocycles. The van der Waals surface area contributed by atoms with Crippen molar-refractivity contribution in [2.45, 2.75) is 45.1 Å². The molecule has 0 unspecified atom stereocenters. The standard InChI is InChI=1S/C21H34N4O2.HI/c1-2-22-21(23-10-3-12-25-13-7-19(26)8-14-25)24-11-6-17-4-5-20-18(16-17)9-15-27-20;/h4-5,16,19,26H,2-3,6-15H2,1H3,(H2,22,23,24);1H. The number of hydrogen-bond acceptors (Lipinski definition) is 4. The minimum Gasteiger partial charge on any atom is -0.493 e. The number of aliphatic hydroxyl groups is 1. The van der Waals surface area contributed by atoms with E-state index in [1.807, 2.05) is 0 Å². The van der Waals surface area contributed by atoms with Crippen LogP contribution >= 0.6 is 24.0 Å². The van der Waals surface area contributed by atoms with Crippen LogP contribution in [0.4, 0.5) is 0 Å². The summed E-state index contributed by atoms with van der Waals surface area (Å²) in [5, 5.41) is 16.3. The van der Waals surface area contributed by atoms with Crippen LogP contribution in [0.15, 0.2) is 23.2 Å². The smallest absolute Gasteiger partial charge is 0.191 e. The molecular formula is C21H35IN4O2. The van der Waals surface area contributed by atoms with Gasteiger partial charge in [0.15, 0.2) is 5.96 Å². The van der Waals surface area contributed by atoms with E-state index in [4.69, 9.17) is 9.73 Å². The van der Waals surface area contributed by atoms with Gasteiger partial charge in [0, 0.05) is 39.1 Å². The van der Waals surface area contributed by atoms with Gasteiger partial charge in [-0.15, -0.1) is 24.0 Å². The lowest BCUT2D eigenvalue weighted by Gasteiger charge is -2.29. The number of aliphatic hydroxyl groups excluding tert-OH is 1. The van der Waals surface area contributed by atoms with Crippen molar-refractivity contribution in [1.82, 2.24) is 15.5 Å². The summed E-state index contributed by atoms with van der Waals surface area (Å²) in [7, 11) is 0. The number of ether oxygens (including phenoxy) is 1. The van der Waals surface area contributed by atoms with Crippen molar-refractivity contribution in [3.05, 3.63) is 29.3 Å². The molecular weight excluding hydrogens is 467 g/mol. The summed E-state index contributed by atoms with van der Waals surface area (Å²) in [6.45, 7) is 8.55. The van der Waals surface area contributed by atoms with Crippen molar-refractivity contribution >= 4 is 29.9 Å². The Morgan fingerprint density at radius 2 is 2.11 bits per heavy atom. The third-order valence-corrected chi connectivity index (χ3v) is 5.26. The van der Waals surface area contributed by atoms with Crippen molar-refractivity contribution in [1.29, 1.82) is 0 Å². The zero-order chi connectivity index (χ0) is 18.9. The Hall–Kier alpha value is -1.06. The van der Waals surface area contributed by atoms with E-state index >= 15 is 0 Å². The van der Waals surface area contributed by atoms with Gasteiger partial charge in [-0.3, -0.25) is 4.99 Å². The molecule has 1 saturated heterocycles. The fourth-order valence-electron chi connectivity index (χ4n) is 3.69. The number of rotatable bonds is 8. The summed E-state index contributed by atoms with van der Waals surface area (Å²) in [5.41, 5.74) is 2.67. The first-order valence-electron chi connectivity index (χ1n) is 10.4. The molecule has 0 atom stereocenters. The third-order valence-electron chi connectivity index (χ3n) is 5.26. The number of aliphatic imine (C=N–C) groups is 1. The minimum absolute atomic E-state index is 0. The quantitative estimate of drug-likeness (QED) is 0.220.